The Hall–Kier alpha value is -4.26. The van der Waals surface area contributed by atoms with Gasteiger partial charge in [0.1, 0.15) is 29.0 Å². The van der Waals surface area contributed by atoms with Crippen LogP contribution in [0.15, 0.2) is 36.4 Å². The van der Waals surface area contributed by atoms with Crippen LogP contribution in [-0.4, -0.2) is 52.1 Å². The second kappa shape index (κ2) is 9.91. The quantitative estimate of drug-likeness (QED) is 0.532. The summed E-state index contributed by atoms with van der Waals surface area (Å²) in [5, 5.41) is 16.7. The van der Waals surface area contributed by atoms with Gasteiger partial charge in [0.25, 0.3) is 11.8 Å². The lowest BCUT2D eigenvalue weighted by atomic mass is 10.1. The van der Waals surface area contributed by atoms with Gasteiger partial charge >= 0.3 is 0 Å². The number of anilines is 1. The maximum absolute atomic E-state index is 13.2. The van der Waals surface area contributed by atoms with Crippen molar-refractivity contribution in [3.63, 3.8) is 0 Å². The van der Waals surface area contributed by atoms with Crippen LogP contribution in [0.2, 0.25) is 0 Å². The monoisotopic (exact) mass is 449 g/mol. The number of benzene rings is 1. The largest absolute Gasteiger partial charge is 0.382 e. The van der Waals surface area contributed by atoms with Gasteiger partial charge < -0.3 is 16.0 Å². The van der Waals surface area contributed by atoms with Crippen molar-refractivity contribution in [3.05, 3.63) is 70.4 Å². The summed E-state index contributed by atoms with van der Waals surface area (Å²) in [4.78, 5) is 30.2. The standard InChI is InChI=1S/C23H24FN7O2/c1-14-17(10-11-20(28-14)23(33)30(2)3)22(32)27-12-4-5-19-18(13-25)21(26)31(29-19)16-8-6-15(24)7-9-16/h6-11H,4-5,12,26H2,1-3H3,(H,27,32). The minimum Gasteiger partial charge on any atom is -0.382 e. The Morgan fingerprint density at radius 1 is 1.21 bits per heavy atom. The molecule has 0 aliphatic rings. The smallest absolute Gasteiger partial charge is 0.271 e. The Labute approximate surface area is 190 Å². The third kappa shape index (κ3) is 5.15. The molecule has 3 rings (SSSR count). The van der Waals surface area contributed by atoms with Crippen LogP contribution >= 0.6 is 0 Å². The van der Waals surface area contributed by atoms with E-state index in [1.54, 1.807) is 27.1 Å². The van der Waals surface area contributed by atoms with Gasteiger partial charge in [0, 0.05) is 20.6 Å². The van der Waals surface area contributed by atoms with Crippen LogP contribution in [0.1, 0.15) is 44.2 Å². The van der Waals surface area contributed by atoms with Gasteiger partial charge in [-0.2, -0.15) is 10.4 Å². The van der Waals surface area contributed by atoms with E-state index in [0.717, 1.165) is 0 Å². The third-order valence-corrected chi connectivity index (χ3v) is 5.01. The molecular weight excluding hydrogens is 425 g/mol. The van der Waals surface area contributed by atoms with E-state index in [4.69, 9.17) is 5.73 Å². The number of nitriles is 1. The van der Waals surface area contributed by atoms with Crippen LogP contribution in [0.3, 0.4) is 0 Å². The summed E-state index contributed by atoms with van der Waals surface area (Å²) in [7, 11) is 3.27. The molecule has 10 heteroatoms. The van der Waals surface area contributed by atoms with E-state index in [0.29, 0.717) is 42.0 Å². The predicted octanol–water partition coefficient (Wildman–Crippen LogP) is 2.23. The minimum absolute atomic E-state index is 0.178. The van der Waals surface area contributed by atoms with E-state index in [1.165, 1.54) is 39.9 Å². The zero-order valence-corrected chi connectivity index (χ0v) is 18.6. The van der Waals surface area contributed by atoms with Gasteiger partial charge in [-0.25, -0.2) is 14.1 Å². The number of nitrogens with one attached hydrogen (secondary N) is 1. The fourth-order valence-corrected chi connectivity index (χ4v) is 3.26. The molecule has 0 aliphatic carbocycles. The summed E-state index contributed by atoms with van der Waals surface area (Å²) in [6.07, 6.45) is 0.930. The molecule has 3 N–H and O–H groups in total. The number of amides is 2. The fraction of sp³-hybridized carbons (Fsp3) is 0.261. The van der Waals surface area contributed by atoms with Crippen molar-refractivity contribution in [1.29, 1.82) is 5.26 Å². The highest BCUT2D eigenvalue weighted by Crippen LogP contribution is 2.21. The molecule has 170 valence electrons. The van der Waals surface area contributed by atoms with Crippen molar-refractivity contribution < 1.29 is 14.0 Å². The number of nitrogen functional groups attached to an aromatic ring is 1. The van der Waals surface area contributed by atoms with E-state index in [-0.39, 0.29) is 34.7 Å². The number of rotatable bonds is 7. The first-order valence-electron chi connectivity index (χ1n) is 10.2. The zero-order valence-electron chi connectivity index (χ0n) is 18.6. The second-order valence-electron chi connectivity index (χ2n) is 7.60. The molecule has 2 aromatic heterocycles. The first-order chi connectivity index (χ1) is 15.7. The van der Waals surface area contributed by atoms with Crippen molar-refractivity contribution in [2.75, 3.05) is 26.4 Å². The lowest BCUT2D eigenvalue weighted by molar-refractivity contribution is 0.0820. The molecule has 3 aromatic rings. The zero-order chi connectivity index (χ0) is 24.1. The summed E-state index contributed by atoms with van der Waals surface area (Å²) in [6.45, 7) is 2.01. The Bertz CT molecular complexity index is 1230. The number of aryl methyl sites for hydroxylation is 2. The molecule has 2 heterocycles. The molecule has 1 aromatic carbocycles. The van der Waals surface area contributed by atoms with Gasteiger partial charge in [0.2, 0.25) is 0 Å². The minimum atomic E-state index is -0.384. The molecular formula is C23H24FN7O2. The SMILES string of the molecule is Cc1nc(C(=O)N(C)C)ccc1C(=O)NCCCc1nn(-c2ccc(F)cc2)c(N)c1C#N. The molecule has 0 bridgehead atoms. The Morgan fingerprint density at radius 3 is 2.52 bits per heavy atom. The van der Waals surface area contributed by atoms with E-state index in [1.807, 2.05) is 0 Å². The molecule has 0 radical (unpaired) electrons. The molecule has 0 saturated carbocycles. The van der Waals surface area contributed by atoms with E-state index in [9.17, 15) is 19.2 Å². The highest BCUT2D eigenvalue weighted by Gasteiger charge is 2.17. The number of nitrogens with two attached hydrogens (primary N) is 1. The van der Waals surface area contributed by atoms with Gasteiger partial charge in [-0.05, 0) is 56.2 Å². The van der Waals surface area contributed by atoms with Crippen LogP contribution in [0.25, 0.3) is 5.69 Å². The lowest BCUT2D eigenvalue weighted by Gasteiger charge is -2.11. The van der Waals surface area contributed by atoms with Crippen molar-refractivity contribution in [2.45, 2.75) is 19.8 Å². The molecule has 9 nitrogen and oxygen atoms in total. The van der Waals surface area contributed by atoms with Gasteiger partial charge in [0.15, 0.2) is 0 Å². The molecule has 0 fully saturated rings. The van der Waals surface area contributed by atoms with Crippen LogP contribution in [-0.2, 0) is 6.42 Å². The summed E-state index contributed by atoms with van der Waals surface area (Å²) >= 11 is 0. The molecule has 33 heavy (non-hydrogen) atoms. The van der Waals surface area contributed by atoms with Crippen molar-refractivity contribution in [2.24, 2.45) is 0 Å². The number of nitrogens with zero attached hydrogens (tertiary/aromatic N) is 5. The normalized spacial score (nSPS) is 10.5. The van der Waals surface area contributed by atoms with E-state index in [2.05, 4.69) is 21.5 Å². The highest BCUT2D eigenvalue weighted by molar-refractivity contribution is 5.97. The van der Waals surface area contributed by atoms with Gasteiger partial charge in [0.05, 0.1) is 22.6 Å². The Kier molecular flexibility index (Phi) is 7.03. The topological polar surface area (TPSA) is 130 Å². The Balaban J connectivity index is 1.63. The molecule has 0 unspecified atom stereocenters. The maximum atomic E-state index is 13.2. The fourth-order valence-electron chi connectivity index (χ4n) is 3.26. The lowest BCUT2D eigenvalue weighted by Crippen LogP contribution is -2.27. The van der Waals surface area contributed by atoms with Crippen LogP contribution in [0, 0.1) is 24.1 Å². The molecule has 2 amide bonds. The Morgan fingerprint density at radius 2 is 1.91 bits per heavy atom. The average molecular weight is 449 g/mol. The average Bonchev–Trinajstić information content (AvgIpc) is 3.11. The highest BCUT2D eigenvalue weighted by atomic mass is 19.1. The number of aromatic nitrogens is 3. The molecule has 0 atom stereocenters. The number of carbonyl (C=O) groups is 2. The summed E-state index contributed by atoms with van der Waals surface area (Å²) in [5.74, 6) is -0.749. The number of hydrogen-bond donors (Lipinski definition) is 2. The van der Waals surface area contributed by atoms with Gasteiger partial charge in [-0.1, -0.05) is 0 Å². The van der Waals surface area contributed by atoms with Crippen molar-refractivity contribution in [1.82, 2.24) is 25.0 Å². The first-order valence-corrected chi connectivity index (χ1v) is 10.2. The number of hydrogen-bond acceptors (Lipinski definition) is 6. The molecule has 0 aliphatic heterocycles. The van der Waals surface area contributed by atoms with Crippen LogP contribution < -0.4 is 11.1 Å². The number of halogens is 1. The van der Waals surface area contributed by atoms with Crippen molar-refractivity contribution >= 4 is 17.6 Å². The third-order valence-electron chi connectivity index (χ3n) is 5.01. The summed E-state index contributed by atoms with van der Waals surface area (Å²) < 4.78 is 14.6. The summed E-state index contributed by atoms with van der Waals surface area (Å²) in [6, 6.07) is 10.8. The van der Waals surface area contributed by atoms with Gasteiger partial charge in [-0.15, -0.1) is 0 Å². The summed E-state index contributed by atoms with van der Waals surface area (Å²) in [5.41, 5.74) is 8.47. The second-order valence-corrected chi connectivity index (χ2v) is 7.60. The molecule has 0 spiro atoms. The van der Waals surface area contributed by atoms with E-state index < -0.39 is 0 Å². The van der Waals surface area contributed by atoms with E-state index >= 15 is 0 Å². The number of carbonyl (C=O) groups excluding carboxylic acids is 2. The van der Waals surface area contributed by atoms with Crippen molar-refractivity contribution in [3.8, 4) is 11.8 Å². The van der Waals surface area contributed by atoms with Crippen LogP contribution in [0.4, 0.5) is 10.2 Å². The first kappa shape index (κ1) is 23.4. The predicted molar refractivity (Wildman–Crippen MR) is 120 cm³/mol. The number of pyridine rings is 1. The van der Waals surface area contributed by atoms with Gasteiger partial charge in [-0.3, -0.25) is 9.59 Å². The maximum Gasteiger partial charge on any atom is 0.271 e. The molecule has 0 saturated heterocycles. The van der Waals surface area contributed by atoms with Crippen LogP contribution in [0.5, 0.6) is 0 Å².